The van der Waals surface area contributed by atoms with Crippen LogP contribution in [-0.4, -0.2) is 19.9 Å². The molecule has 0 bridgehead atoms. The molecule has 98 valence electrons. The van der Waals surface area contributed by atoms with Crippen molar-refractivity contribution in [2.45, 2.75) is 13.5 Å². The molecule has 0 aromatic carbocycles. The van der Waals surface area contributed by atoms with Crippen LogP contribution >= 0.6 is 11.6 Å². The lowest BCUT2D eigenvalue weighted by molar-refractivity contribution is -0.384. The van der Waals surface area contributed by atoms with Gasteiger partial charge in [-0.25, -0.2) is 4.98 Å². The molecule has 7 nitrogen and oxygen atoms in total. The van der Waals surface area contributed by atoms with Gasteiger partial charge in [0.25, 0.3) is 0 Å². The van der Waals surface area contributed by atoms with Crippen molar-refractivity contribution in [3.8, 4) is 0 Å². The van der Waals surface area contributed by atoms with Crippen LogP contribution in [-0.2, 0) is 6.54 Å². The highest BCUT2D eigenvalue weighted by molar-refractivity contribution is 6.29. The standard InChI is InChI=1S/C11H10ClN5O2/c1-7-4-14-8(5-13-7)6-15-11-9(17(18)19)2-3-10(12)16-11/h2-5H,6H2,1H3,(H,15,16). The first-order valence-corrected chi connectivity index (χ1v) is 5.76. The first kappa shape index (κ1) is 13.2. The lowest BCUT2D eigenvalue weighted by atomic mass is 10.3. The molecule has 2 aromatic rings. The van der Waals surface area contributed by atoms with E-state index in [0.29, 0.717) is 5.69 Å². The summed E-state index contributed by atoms with van der Waals surface area (Å²) in [5.41, 5.74) is 1.32. The van der Waals surface area contributed by atoms with Crippen LogP contribution in [0.15, 0.2) is 24.5 Å². The number of hydrogen-bond donors (Lipinski definition) is 1. The van der Waals surface area contributed by atoms with Crippen LogP contribution in [0.3, 0.4) is 0 Å². The van der Waals surface area contributed by atoms with Crippen LogP contribution in [0.4, 0.5) is 11.5 Å². The second-order valence-electron chi connectivity index (χ2n) is 3.76. The fourth-order valence-corrected chi connectivity index (χ4v) is 1.54. The molecule has 2 rings (SSSR count). The number of anilines is 1. The van der Waals surface area contributed by atoms with E-state index >= 15 is 0 Å². The Hall–Kier alpha value is -2.28. The van der Waals surface area contributed by atoms with Crippen molar-refractivity contribution in [2.24, 2.45) is 0 Å². The van der Waals surface area contributed by atoms with Crippen LogP contribution in [0.1, 0.15) is 11.4 Å². The van der Waals surface area contributed by atoms with Gasteiger partial charge in [-0.05, 0) is 13.0 Å². The molecule has 0 saturated heterocycles. The van der Waals surface area contributed by atoms with Gasteiger partial charge < -0.3 is 5.32 Å². The van der Waals surface area contributed by atoms with Gasteiger partial charge in [-0.15, -0.1) is 0 Å². The number of nitro groups is 1. The lowest BCUT2D eigenvalue weighted by Gasteiger charge is -2.06. The van der Waals surface area contributed by atoms with E-state index < -0.39 is 4.92 Å². The van der Waals surface area contributed by atoms with Crippen molar-refractivity contribution >= 4 is 23.1 Å². The summed E-state index contributed by atoms with van der Waals surface area (Å²) >= 11 is 5.72. The first-order valence-electron chi connectivity index (χ1n) is 5.38. The molecule has 0 fully saturated rings. The van der Waals surface area contributed by atoms with Crippen molar-refractivity contribution in [3.05, 3.63) is 51.2 Å². The molecule has 19 heavy (non-hydrogen) atoms. The minimum atomic E-state index is -0.521. The predicted octanol–water partition coefficient (Wildman–Crippen LogP) is 2.35. The minimum Gasteiger partial charge on any atom is -0.359 e. The van der Waals surface area contributed by atoms with Gasteiger partial charge in [-0.1, -0.05) is 11.6 Å². The maximum absolute atomic E-state index is 10.8. The SMILES string of the molecule is Cc1cnc(CNc2nc(Cl)ccc2[N+](=O)[O-])cn1. The molecule has 0 aliphatic carbocycles. The Balaban J connectivity index is 2.16. The highest BCUT2D eigenvalue weighted by atomic mass is 35.5. The molecule has 1 N–H and O–H groups in total. The number of nitrogens with one attached hydrogen (secondary N) is 1. The van der Waals surface area contributed by atoms with Gasteiger partial charge in [0.2, 0.25) is 5.82 Å². The fraction of sp³-hybridized carbons (Fsp3) is 0.182. The summed E-state index contributed by atoms with van der Waals surface area (Å²) in [7, 11) is 0. The zero-order valence-electron chi connectivity index (χ0n) is 10.00. The highest BCUT2D eigenvalue weighted by Gasteiger charge is 2.15. The van der Waals surface area contributed by atoms with Crippen molar-refractivity contribution in [1.29, 1.82) is 0 Å². The van der Waals surface area contributed by atoms with Crippen molar-refractivity contribution < 1.29 is 4.92 Å². The van der Waals surface area contributed by atoms with E-state index in [4.69, 9.17) is 11.6 Å². The molecule has 2 aromatic heterocycles. The van der Waals surface area contributed by atoms with E-state index in [1.54, 1.807) is 12.4 Å². The van der Waals surface area contributed by atoms with Gasteiger partial charge in [0.1, 0.15) is 5.15 Å². The summed E-state index contributed by atoms with van der Waals surface area (Å²) in [5, 5.41) is 13.9. The lowest BCUT2D eigenvalue weighted by Crippen LogP contribution is -2.06. The second-order valence-corrected chi connectivity index (χ2v) is 4.15. The fourth-order valence-electron chi connectivity index (χ4n) is 1.39. The van der Waals surface area contributed by atoms with Crippen LogP contribution in [0.5, 0.6) is 0 Å². The van der Waals surface area contributed by atoms with Gasteiger partial charge in [0, 0.05) is 12.3 Å². The number of aromatic nitrogens is 3. The molecule has 0 radical (unpaired) electrons. The van der Waals surface area contributed by atoms with Crippen molar-refractivity contribution in [3.63, 3.8) is 0 Å². The maximum Gasteiger partial charge on any atom is 0.311 e. The average Bonchev–Trinajstić information content (AvgIpc) is 2.38. The molecule has 0 unspecified atom stereocenters. The summed E-state index contributed by atoms with van der Waals surface area (Å²) in [6.45, 7) is 2.11. The molecule has 0 spiro atoms. The number of nitrogens with zero attached hydrogens (tertiary/aromatic N) is 4. The monoisotopic (exact) mass is 279 g/mol. The second kappa shape index (κ2) is 5.57. The molecule has 0 atom stereocenters. The Kier molecular flexibility index (Phi) is 3.86. The summed E-state index contributed by atoms with van der Waals surface area (Å²) in [4.78, 5) is 22.4. The van der Waals surface area contributed by atoms with Crippen LogP contribution in [0.25, 0.3) is 0 Å². The Bertz CT molecular complexity index is 603. The molecule has 0 aliphatic rings. The molecule has 8 heteroatoms. The predicted molar refractivity (Wildman–Crippen MR) is 70.0 cm³/mol. The summed E-state index contributed by atoms with van der Waals surface area (Å²) in [6, 6.07) is 2.68. The summed E-state index contributed by atoms with van der Waals surface area (Å²) < 4.78 is 0. The van der Waals surface area contributed by atoms with Crippen molar-refractivity contribution in [2.75, 3.05) is 5.32 Å². The Morgan fingerprint density at radius 1 is 1.37 bits per heavy atom. The number of halogens is 1. The van der Waals surface area contributed by atoms with Gasteiger partial charge in [-0.3, -0.25) is 20.1 Å². The Morgan fingerprint density at radius 3 is 2.79 bits per heavy atom. The Labute approximate surface area is 113 Å². The zero-order chi connectivity index (χ0) is 13.8. The first-order chi connectivity index (χ1) is 9.06. The summed E-state index contributed by atoms with van der Waals surface area (Å²) in [5.74, 6) is 0.111. The molecular weight excluding hydrogens is 270 g/mol. The average molecular weight is 280 g/mol. The quantitative estimate of drug-likeness (QED) is 0.524. The minimum absolute atomic E-state index is 0.111. The van der Waals surface area contributed by atoms with E-state index in [1.807, 2.05) is 6.92 Å². The van der Waals surface area contributed by atoms with Crippen LogP contribution in [0.2, 0.25) is 5.15 Å². The normalized spacial score (nSPS) is 10.2. The third kappa shape index (κ3) is 3.35. The number of hydrogen-bond acceptors (Lipinski definition) is 6. The van der Waals surface area contributed by atoms with Gasteiger partial charge in [0.05, 0.1) is 29.1 Å². The highest BCUT2D eigenvalue weighted by Crippen LogP contribution is 2.24. The topological polar surface area (TPSA) is 93.8 Å². The number of pyridine rings is 1. The van der Waals surface area contributed by atoms with Gasteiger partial charge in [-0.2, -0.15) is 0 Å². The maximum atomic E-state index is 10.8. The summed E-state index contributed by atoms with van der Waals surface area (Å²) in [6.07, 6.45) is 3.22. The number of rotatable bonds is 4. The molecule has 0 aliphatic heterocycles. The van der Waals surface area contributed by atoms with E-state index in [2.05, 4.69) is 20.3 Å². The smallest absolute Gasteiger partial charge is 0.311 e. The molecule has 0 amide bonds. The van der Waals surface area contributed by atoms with E-state index in [9.17, 15) is 10.1 Å². The van der Waals surface area contributed by atoms with Crippen molar-refractivity contribution in [1.82, 2.24) is 15.0 Å². The molecule has 2 heterocycles. The van der Waals surface area contributed by atoms with E-state index in [1.165, 1.54) is 12.1 Å². The Morgan fingerprint density at radius 2 is 2.16 bits per heavy atom. The van der Waals surface area contributed by atoms with Crippen LogP contribution in [0, 0.1) is 17.0 Å². The third-order valence-corrected chi connectivity index (χ3v) is 2.52. The third-order valence-electron chi connectivity index (χ3n) is 2.31. The van der Waals surface area contributed by atoms with E-state index in [-0.39, 0.29) is 23.2 Å². The molecular formula is C11H10ClN5O2. The number of aryl methyl sites for hydroxylation is 1. The largest absolute Gasteiger partial charge is 0.359 e. The van der Waals surface area contributed by atoms with Gasteiger partial charge in [0.15, 0.2) is 0 Å². The van der Waals surface area contributed by atoms with E-state index in [0.717, 1.165) is 5.69 Å². The zero-order valence-corrected chi connectivity index (χ0v) is 10.8. The molecule has 0 saturated carbocycles. The van der Waals surface area contributed by atoms with Gasteiger partial charge >= 0.3 is 5.69 Å². The van der Waals surface area contributed by atoms with Crippen LogP contribution < -0.4 is 5.32 Å².